The van der Waals surface area contributed by atoms with Crippen molar-refractivity contribution in [2.45, 2.75) is 71.1 Å². The molecule has 0 spiro atoms. The zero-order chi connectivity index (χ0) is 27.7. The Morgan fingerprint density at radius 3 is 2.51 bits per heavy atom. The lowest BCUT2D eigenvalue weighted by atomic mass is 9.91. The number of amides is 1. The molecule has 9 heteroatoms. The summed E-state index contributed by atoms with van der Waals surface area (Å²) in [6.07, 6.45) is 4.82. The number of carbonyl (C=O) groups excluding carboxylic acids is 2. The van der Waals surface area contributed by atoms with E-state index in [-0.39, 0.29) is 17.9 Å². The number of halogens is 2. The number of hydrogen-bond acceptors (Lipinski definition) is 5. The topological polar surface area (TPSA) is 73.7 Å². The molecule has 7 nitrogen and oxygen atoms in total. The average molecular weight is 571 g/mol. The van der Waals surface area contributed by atoms with E-state index in [1.807, 2.05) is 56.0 Å². The lowest BCUT2D eigenvalue weighted by Gasteiger charge is -2.31. The molecular formula is C30H33Cl2N3O4. The van der Waals surface area contributed by atoms with Gasteiger partial charge < -0.3 is 14.4 Å². The number of ether oxygens (including phenoxy) is 2. The van der Waals surface area contributed by atoms with Crippen molar-refractivity contribution in [3.05, 3.63) is 81.1 Å². The Labute approximate surface area is 239 Å². The van der Waals surface area contributed by atoms with Gasteiger partial charge >= 0.3 is 6.09 Å². The molecule has 1 amide bonds. The van der Waals surface area contributed by atoms with Gasteiger partial charge in [-0.3, -0.25) is 4.79 Å². The molecule has 1 aliphatic heterocycles. The Kier molecular flexibility index (Phi) is 7.92. The largest absolute Gasteiger partial charge is 0.489 e. The summed E-state index contributed by atoms with van der Waals surface area (Å²) in [4.78, 5) is 28.2. The minimum absolute atomic E-state index is 0.0782. The van der Waals surface area contributed by atoms with Gasteiger partial charge in [0.25, 0.3) is 0 Å². The van der Waals surface area contributed by atoms with Gasteiger partial charge in [0.05, 0.1) is 17.9 Å². The van der Waals surface area contributed by atoms with Crippen LogP contribution in [0.1, 0.15) is 68.5 Å². The minimum atomic E-state index is -0.614. The molecule has 0 radical (unpaired) electrons. The van der Waals surface area contributed by atoms with Crippen molar-refractivity contribution in [2.24, 2.45) is 5.92 Å². The van der Waals surface area contributed by atoms with E-state index < -0.39 is 11.7 Å². The van der Waals surface area contributed by atoms with Crippen molar-refractivity contribution in [1.82, 2.24) is 14.7 Å². The van der Waals surface area contributed by atoms with Crippen LogP contribution in [-0.2, 0) is 29.0 Å². The maximum atomic E-state index is 13.6. The summed E-state index contributed by atoms with van der Waals surface area (Å²) < 4.78 is 12.8. The number of hydrogen-bond donors (Lipinski definition) is 0. The molecule has 1 aliphatic carbocycles. The highest BCUT2D eigenvalue weighted by Crippen LogP contribution is 2.40. The molecule has 2 atom stereocenters. The van der Waals surface area contributed by atoms with E-state index >= 15 is 0 Å². The number of rotatable bonds is 6. The highest BCUT2D eigenvalue weighted by atomic mass is 35.5. The zero-order valence-electron chi connectivity index (χ0n) is 22.5. The first-order chi connectivity index (χ1) is 18.6. The smallest absolute Gasteiger partial charge is 0.435 e. The second-order valence-corrected chi connectivity index (χ2v) is 12.0. The van der Waals surface area contributed by atoms with Crippen LogP contribution in [0.4, 0.5) is 4.79 Å². The Morgan fingerprint density at radius 2 is 1.82 bits per heavy atom. The summed E-state index contributed by atoms with van der Waals surface area (Å²) in [5.74, 6) is 0.450. The van der Waals surface area contributed by atoms with Gasteiger partial charge in [0.15, 0.2) is 0 Å². The normalized spacial score (nSPS) is 19.2. The minimum Gasteiger partial charge on any atom is -0.489 e. The number of carbonyl (C=O) groups is 2. The van der Waals surface area contributed by atoms with Crippen molar-refractivity contribution in [2.75, 3.05) is 6.54 Å². The van der Waals surface area contributed by atoms with Crippen LogP contribution in [0.3, 0.4) is 0 Å². The molecule has 5 rings (SSSR count). The first-order valence-corrected chi connectivity index (χ1v) is 14.1. The summed E-state index contributed by atoms with van der Waals surface area (Å²) in [5, 5.41) is 5.33. The Balaban J connectivity index is 1.27. The molecule has 2 heterocycles. The lowest BCUT2D eigenvalue weighted by Crippen LogP contribution is -2.35. The monoisotopic (exact) mass is 569 g/mol. The molecule has 2 aliphatic rings. The predicted molar refractivity (Wildman–Crippen MR) is 150 cm³/mol. The van der Waals surface area contributed by atoms with Gasteiger partial charge in [-0.1, -0.05) is 53.5 Å². The molecule has 1 unspecified atom stereocenters. The van der Waals surface area contributed by atoms with Gasteiger partial charge in [0, 0.05) is 28.1 Å². The highest BCUT2D eigenvalue weighted by Gasteiger charge is 2.40. The van der Waals surface area contributed by atoms with E-state index in [1.165, 1.54) is 4.68 Å². The van der Waals surface area contributed by atoms with Gasteiger partial charge in [0.1, 0.15) is 18.0 Å². The third-order valence-corrected chi connectivity index (χ3v) is 7.93. The summed E-state index contributed by atoms with van der Waals surface area (Å²) in [5.41, 5.74) is 2.95. The van der Waals surface area contributed by atoms with Crippen LogP contribution in [0, 0.1) is 5.92 Å². The lowest BCUT2D eigenvalue weighted by molar-refractivity contribution is -0.133. The van der Waals surface area contributed by atoms with E-state index in [0.717, 1.165) is 41.6 Å². The van der Waals surface area contributed by atoms with Crippen LogP contribution in [0.5, 0.6) is 5.75 Å². The summed E-state index contributed by atoms with van der Waals surface area (Å²) in [7, 11) is 0. The van der Waals surface area contributed by atoms with Crippen LogP contribution in [0.15, 0.2) is 48.7 Å². The summed E-state index contributed by atoms with van der Waals surface area (Å²) in [6, 6.07) is 13.3. The van der Waals surface area contributed by atoms with Crippen LogP contribution in [0.2, 0.25) is 10.0 Å². The van der Waals surface area contributed by atoms with E-state index in [0.29, 0.717) is 41.8 Å². The third kappa shape index (κ3) is 6.10. The molecule has 0 bridgehead atoms. The van der Waals surface area contributed by atoms with Gasteiger partial charge in [-0.25, -0.2) is 4.79 Å². The number of aromatic nitrogens is 2. The van der Waals surface area contributed by atoms with Crippen LogP contribution in [0.25, 0.3) is 0 Å². The molecule has 1 saturated heterocycles. The quantitative estimate of drug-likeness (QED) is 0.319. The molecule has 0 N–H and O–H groups in total. The highest BCUT2D eigenvalue weighted by molar-refractivity contribution is 6.36. The predicted octanol–water partition coefficient (Wildman–Crippen LogP) is 7.02. The third-order valence-electron chi connectivity index (χ3n) is 7.26. The van der Waals surface area contributed by atoms with E-state index in [9.17, 15) is 9.59 Å². The zero-order valence-corrected chi connectivity index (χ0v) is 24.0. The summed E-state index contributed by atoms with van der Waals surface area (Å²) >= 11 is 13.3. The summed E-state index contributed by atoms with van der Waals surface area (Å²) in [6.45, 7) is 6.54. The van der Waals surface area contributed by atoms with Crippen molar-refractivity contribution in [1.29, 1.82) is 0 Å². The van der Waals surface area contributed by atoms with E-state index in [1.54, 1.807) is 18.3 Å². The van der Waals surface area contributed by atoms with Crippen LogP contribution < -0.4 is 4.74 Å². The second-order valence-electron chi connectivity index (χ2n) is 11.2. The maximum absolute atomic E-state index is 13.6. The van der Waals surface area contributed by atoms with Crippen molar-refractivity contribution >= 4 is 35.2 Å². The molecule has 0 saturated carbocycles. The molecule has 2 aromatic carbocycles. The molecule has 3 aromatic rings. The number of nitrogens with zero attached hydrogens (tertiary/aromatic N) is 3. The first-order valence-electron chi connectivity index (χ1n) is 13.4. The van der Waals surface area contributed by atoms with Crippen molar-refractivity contribution in [3.63, 3.8) is 0 Å². The molecular weight excluding hydrogens is 537 g/mol. The molecule has 206 valence electrons. The Morgan fingerprint density at radius 1 is 1.10 bits per heavy atom. The first kappa shape index (κ1) is 27.5. The average Bonchev–Trinajstić information content (AvgIpc) is 3.48. The SMILES string of the molecule is CC(C)(C)OC(=O)n1ncc2c1CCCC2N1CC[C@@H](Cc2c(Cl)cc(OCc3ccccc3)cc2Cl)C1=O. The molecule has 39 heavy (non-hydrogen) atoms. The standard InChI is InChI=1S/C30H33Cl2N3O4/c1-30(2,3)39-29(37)35-27-11-7-10-26(23(27)17-33-35)34-13-12-20(28(34)36)14-22-24(31)15-21(16-25(22)32)38-18-19-8-5-4-6-9-19/h4-6,8-9,15-17,20,26H,7,10-14,18H2,1-3H3/t20-,26?/m0/s1. The number of fused-ring (bicyclic) bond motifs is 1. The van der Waals surface area contributed by atoms with Crippen LogP contribution in [-0.4, -0.2) is 38.8 Å². The fourth-order valence-electron chi connectivity index (χ4n) is 5.43. The molecule has 1 aromatic heterocycles. The Hall–Kier alpha value is -3.03. The van der Waals surface area contributed by atoms with Crippen molar-refractivity contribution < 1.29 is 19.1 Å². The van der Waals surface area contributed by atoms with Crippen LogP contribution >= 0.6 is 23.2 Å². The van der Waals surface area contributed by atoms with Gasteiger partial charge in [-0.15, -0.1) is 0 Å². The second kappa shape index (κ2) is 11.2. The van der Waals surface area contributed by atoms with Gasteiger partial charge in [-0.05, 0) is 76.1 Å². The van der Waals surface area contributed by atoms with Crippen molar-refractivity contribution in [3.8, 4) is 5.75 Å². The fourth-order valence-corrected chi connectivity index (χ4v) is 6.05. The van der Waals surface area contributed by atoms with Gasteiger partial charge in [0.2, 0.25) is 5.91 Å². The molecule has 1 fully saturated rings. The Bertz CT molecular complexity index is 1340. The van der Waals surface area contributed by atoms with Gasteiger partial charge in [-0.2, -0.15) is 9.78 Å². The maximum Gasteiger partial charge on any atom is 0.435 e. The number of benzene rings is 2. The van der Waals surface area contributed by atoms with E-state index in [4.69, 9.17) is 32.7 Å². The fraction of sp³-hybridized carbons (Fsp3) is 0.433. The number of likely N-dealkylation sites (tertiary alicyclic amines) is 1. The van der Waals surface area contributed by atoms with E-state index in [2.05, 4.69) is 5.10 Å².